The number of piperazine rings is 1. The summed E-state index contributed by atoms with van der Waals surface area (Å²) >= 11 is 0. The third-order valence-corrected chi connectivity index (χ3v) is 6.85. The minimum atomic E-state index is -4.88. The highest BCUT2D eigenvalue weighted by Gasteiger charge is 2.61. The number of halogens is 3. The van der Waals surface area contributed by atoms with E-state index in [4.69, 9.17) is 5.26 Å². The third-order valence-electron chi connectivity index (χ3n) is 6.85. The smallest absolute Gasteiger partial charge is 0.354 e. The molecule has 2 aliphatic heterocycles. The van der Waals surface area contributed by atoms with Gasteiger partial charge in [0.15, 0.2) is 5.69 Å². The number of nitrogens with one attached hydrogen (secondary N) is 1. The molecule has 0 bridgehead atoms. The quantitative estimate of drug-likeness (QED) is 0.650. The molecule has 12 heteroatoms. The van der Waals surface area contributed by atoms with E-state index in [1.807, 2.05) is 4.90 Å². The van der Waals surface area contributed by atoms with Crippen LogP contribution in [0, 0.1) is 11.3 Å². The van der Waals surface area contributed by atoms with Crippen molar-refractivity contribution < 1.29 is 27.6 Å². The van der Waals surface area contributed by atoms with Gasteiger partial charge in [-0.15, -0.1) is 0 Å². The Kier molecular flexibility index (Phi) is 5.67. The van der Waals surface area contributed by atoms with Crippen LogP contribution in [0.25, 0.3) is 0 Å². The second kappa shape index (κ2) is 8.60. The monoisotopic (exact) mass is 498 g/mol. The molecule has 2 saturated heterocycles. The molecule has 1 aliphatic carbocycles. The number of anilines is 2. The summed E-state index contributed by atoms with van der Waals surface area (Å²) in [6.45, 7) is 2.11. The number of aromatic nitrogens is 1. The zero-order valence-electron chi connectivity index (χ0n) is 19.0. The van der Waals surface area contributed by atoms with E-state index in [0.29, 0.717) is 50.7 Å². The molecule has 1 N–H and O–H groups in total. The Balaban J connectivity index is 1.45. The summed E-state index contributed by atoms with van der Waals surface area (Å²) in [7, 11) is 0. The molecule has 9 nitrogen and oxygen atoms in total. The van der Waals surface area contributed by atoms with Crippen molar-refractivity contribution >= 4 is 29.2 Å². The standard InChI is InChI=1S/C24H21F3N6O3/c25-24(26,27)18-10-17(12-30-19(18)11-28)32-21(35)23(6-1-7-23)33(22(32)36)16-4-2-15(3-5-16)13-31-9-8-29-20(34)14-31/h2-5,10,12H,1,6-9,13-14H2,(H,29,34). The summed E-state index contributed by atoms with van der Waals surface area (Å²) in [6, 6.07) is 8.26. The lowest BCUT2D eigenvalue weighted by Crippen LogP contribution is -2.55. The van der Waals surface area contributed by atoms with Crippen molar-refractivity contribution in [1.82, 2.24) is 15.2 Å². The van der Waals surface area contributed by atoms with Gasteiger partial charge in [0, 0.05) is 25.3 Å². The predicted octanol–water partition coefficient (Wildman–Crippen LogP) is 2.80. The molecule has 36 heavy (non-hydrogen) atoms. The lowest BCUT2D eigenvalue weighted by molar-refractivity contribution is -0.138. The van der Waals surface area contributed by atoms with E-state index in [1.54, 1.807) is 24.3 Å². The predicted molar refractivity (Wildman–Crippen MR) is 121 cm³/mol. The van der Waals surface area contributed by atoms with Gasteiger partial charge in [-0.1, -0.05) is 12.1 Å². The number of hydrogen-bond acceptors (Lipinski definition) is 6. The largest absolute Gasteiger partial charge is 0.419 e. The van der Waals surface area contributed by atoms with E-state index in [-0.39, 0.29) is 18.1 Å². The first kappa shape index (κ1) is 23.7. The highest BCUT2D eigenvalue weighted by molar-refractivity contribution is 6.30. The van der Waals surface area contributed by atoms with Crippen LogP contribution in [0.5, 0.6) is 0 Å². The Morgan fingerprint density at radius 1 is 1.11 bits per heavy atom. The van der Waals surface area contributed by atoms with E-state index >= 15 is 0 Å². The molecule has 3 heterocycles. The Hall–Kier alpha value is -3.98. The molecule has 3 aliphatic rings. The fourth-order valence-corrected chi connectivity index (χ4v) is 4.92. The van der Waals surface area contributed by atoms with Crippen molar-refractivity contribution in [3.63, 3.8) is 0 Å². The summed E-state index contributed by atoms with van der Waals surface area (Å²) in [5, 5.41) is 11.8. The van der Waals surface area contributed by atoms with Gasteiger partial charge in [-0.25, -0.2) is 14.7 Å². The number of rotatable bonds is 4. The van der Waals surface area contributed by atoms with Crippen molar-refractivity contribution in [2.75, 3.05) is 29.4 Å². The lowest BCUT2D eigenvalue weighted by atomic mass is 9.75. The number of urea groups is 1. The highest BCUT2D eigenvalue weighted by atomic mass is 19.4. The van der Waals surface area contributed by atoms with Crippen molar-refractivity contribution in [2.24, 2.45) is 0 Å². The molecule has 0 unspecified atom stereocenters. The van der Waals surface area contributed by atoms with Crippen LogP contribution in [0.15, 0.2) is 36.5 Å². The van der Waals surface area contributed by atoms with Crippen molar-refractivity contribution in [3.05, 3.63) is 53.3 Å². The van der Waals surface area contributed by atoms with Crippen molar-refractivity contribution in [1.29, 1.82) is 5.26 Å². The Morgan fingerprint density at radius 3 is 2.42 bits per heavy atom. The number of nitriles is 1. The normalized spacial score (nSPS) is 19.9. The molecule has 0 radical (unpaired) electrons. The van der Waals surface area contributed by atoms with Gasteiger partial charge in [0.25, 0.3) is 5.91 Å². The van der Waals surface area contributed by atoms with Crippen LogP contribution < -0.4 is 15.1 Å². The van der Waals surface area contributed by atoms with Gasteiger partial charge in [0.2, 0.25) is 5.91 Å². The van der Waals surface area contributed by atoms with Crippen LogP contribution in [0.4, 0.5) is 29.3 Å². The first-order valence-electron chi connectivity index (χ1n) is 11.4. The van der Waals surface area contributed by atoms with E-state index in [9.17, 15) is 27.6 Å². The Morgan fingerprint density at radius 2 is 1.83 bits per heavy atom. The van der Waals surface area contributed by atoms with Crippen molar-refractivity contribution in [2.45, 2.75) is 37.5 Å². The van der Waals surface area contributed by atoms with Crippen LogP contribution in [-0.4, -0.2) is 52.9 Å². The molecule has 3 fully saturated rings. The molecule has 1 spiro atoms. The number of carbonyl (C=O) groups excluding carboxylic acids is 3. The zero-order valence-corrected chi connectivity index (χ0v) is 19.0. The second-order valence-corrected chi connectivity index (χ2v) is 9.07. The number of nitrogens with zero attached hydrogens (tertiary/aromatic N) is 5. The number of imide groups is 1. The van der Waals surface area contributed by atoms with E-state index in [0.717, 1.165) is 16.7 Å². The Bertz CT molecular complexity index is 1280. The number of benzene rings is 1. The molecule has 5 rings (SSSR count). The van der Waals surface area contributed by atoms with Gasteiger partial charge in [-0.2, -0.15) is 18.4 Å². The van der Waals surface area contributed by atoms with E-state index in [2.05, 4.69) is 10.3 Å². The molecule has 0 atom stereocenters. The number of pyridine rings is 1. The molecule has 4 amide bonds. The number of carbonyl (C=O) groups is 3. The molecular weight excluding hydrogens is 477 g/mol. The van der Waals surface area contributed by atoms with Crippen LogP contribution in [-0.2, 0) is 22.3 Å². The van der Waals surface area contributed by atoms with Crippen LogP contribution in [0.3, 0.4) is 0 Å². The minimum Gasteiger partial charge on any atom is -0.354 e. The summed E-state index contributed by atoms with van der Waals surface area (Å²) in [6.07, 6.45) is -2.48. The SMILES string of the molecule is N#Cc1ncc(N2C(=O)N(c3ccc(CN4CCNC(=O)C4)cc3)C3(CCC3)C2=O)cc1C(F)(F)F. The van der Waals surface area contributed by atoms with E-state index < -0.39 is 34.9 Å². The van der Waals surface area contributed by atoms with Crippen molar-refractivity contribution in [3.8, 4) is 6.07 Å². The number of alkyl halides is 3. The number of amides is 4. The van der Waals surface area contributed by atoms with Crippen LogP contribution in [0.2, 0.25) is 0 Å². The fraction of sp³-hybridized carbons (Fsp3) is 0.375. The van der Waals surface area contributed by atoms with Gasteiger partial charge in [-0.05, 0) is 43.0 Å². The lowest BCUT2D eigenvalue weighted by Gasteiger charge is -2.42. The van der Waals surface area contributed by atoms with Gasteiger partial charge in [0.05, 0.1) is 24.0 Å². The molecule has 1 aromatic carbocycles. The molecular formula is C24H21F3N6O3. The maximum absolute atomic E-state index is 13.5. The Labute approximate surface area is 204 Å². The van der Waals surface area contributed by atoms with Gasteiger partial charge in [0.1, 0.15) is 11.6 Å². The highest BCUT2D eigenvalue weighted by Crippen LogP contribution is 2.48. The molecule has 1 aromatic heterocycles. The summed E-state index contributed by atoms with van der Waals surface area (Å²) < 4.78 is 40.4. The van der Waals surface area contributed by atoms with Gasteiger partial charge >= 0.3 is 12.2 Å². The van der Waals surface area contributed by atoms with Crippen LogP contribution in [0.1, 0.15) is 36.1 Å². The molecule has 2 aromatic rings. The van der Waals surface area contributed by atoms with Crippen LogP contribution >= 0.6 is 0 Å². The fourth-order valence-electron chi connectivity index (χ4n) is 4.92. The molecule has 186 valence electrons. The summed E-state index contributed by atoms with van der Waals surface area (Å²) in [4.78, 5) is 46.1. The maximum atomic E-state index is 13.5. The zero-order chi connectivity index (χ0) is 25.7. The average Bonchev–Trinajstić information content (AvgIpc) is 3.05. The first-order valence-corrected chi connectivity index (χ1v) is 11.4. The van der Waals surface area contributed by atoms with Gasteiger partial charge in [-0.3, -0.25) is 19.4 Å². The second-order valence-electron chi connectivity index (χ2n) is 9.07. The maximum Gasteiger partial charge on any atom is 0.419 e. The topological polar surface area (TPSA) is 110 Å². The summed E-state index contributed by atoms with van der Waals surface area (Å²) in [5.74, 6) is -0.654. The minimum absolute atomic E-state index is 0.0444. The average molecular weight is 498 g/mol. The van der Waals surface area contributed by atoms with Gasteiger partial charge < -0.3 is 5.32 Å². The third kappa shape index (κ3) is 3.85. The van der Waals surface area contributed by atoms with E-state index in [1.165, 1.54) is 11.0 Å². The first-order chi connectivity index (χ1) is 17.1. The molecule has 1 saturated carbocycles. The summed E-state index contributed by atoms with van der Waals surface area (Å²) in [5.41, 5.74) is -2.27. The number of hydrogen-bond donors (Lipinski definition) is 1.